The molecule has 0 saturated carbocycles. The van der Waals surface area contributed by atoms with Crippen molar-refractivity contribution < 1.29 is 9.13 Å². The van der Waals surface area contributed by atoms with E-state index in [-0.39, 0.29) is 5.82 Å². The van der Waals surface area contributed by atoms with Crippen LogP contribution in [0.5, 0.6) is 0 Å². The van der Waals surface area contributed by atoms with Crippen molar-refractivity contribution in [3.63, 3.8) is 0 Å². The summed E-state index contributed by atoms with van der Waals surface area (Å²) in [6, 6.07) is 6.68. The summed E-state index contributed by atoms with van der Waals surface area (Å²) in [4.78, 5) is 8.22. The predicted octanol–water partition coefficient (Wildman–Crippen LogP) is 3.77. The number of piperidine rings is 1. The minimum absolute atomic E-state index is 0.183. The SMILES string of the molecule is CCNC(=NCCCSc1ccc(F)cc1)N1CCC(OCC)CC1. The van der Waals surface area contributed by atoms with Crippen LogP contribution in [0.25, 0.3) is 0 Å². The molecule has 1 N–H and O–H groups in total. The fourth-order valence-corrected chi connectivity index (χ4v) is 3.70. The van der Waals surface area contributed by atoms with Crippen molar-refractivity contribution in [3.8, 4) is 0 Å². The highest BCUT2D eigenvalue weighted by molar-refractivity contribution is 7.99. The fraction of sp³-hybridized carbons (Fsp3) is 0.632. The van der Waals surface area contributed by atoms with E-state index in [9.17, 15) is 4.39 Å². The summed E-state index contributed by atoms with van der Waals surface area (Å²) in [5, 5.41) is 3.40. The zero-order valence-corrected chi connectivity index (χ0v) is 16.2. The maximum absolute atomic E-state index is 12.9. The van der Waals surface area contributed by atoms with Crippen LogP contribution in [0, 0.1) is 5.82 Å². The average Bonchev–Trinajstić information content (AvgIpc) is 2.63. The van der Waals surface area contributed by atoms with E-state index in [0.717, 1.165) is 68.7 Å². The predicted molar refractivity (Wildman–Crippen MR) is 104 cm³/mol. The first-order chi connectivity index (χ1) is 12.2. The maximum Gasteiger partial charge on any atom is 0.193 e. The molecule has 1 heterocycles. The zero-order chi connectivity index (χ0) is 17.9. The Bertz CT molecular complexity index is 516. The molecule has 140 valence electrons. The van der Waals surface area contributed by atoms with Gasteiger partial charge in [-0.3, -0.25) is 4.99 Å². The minimum Gasteiger partial charge on any atom is -0.378 e. The lowest BCUT2D eigenvalue weighted by molar-refractivity contribution is 0.0264. The number of thioether (sulfide) groups is 1. The van der Waals surface area contributed by atoms with Crippen LogP contribution in [0.3, 0.4) is 0 Å². The third-order valence-corrected chi connectivity index (χ3v) is 5.22. The molecule has 2 rings (SSSR count). The molecule has 1 aliphatic heterocycles. The molecular weight excluding hydrogens is 337 g/mol. The number of ether oxygens (including phenoxy) is 1. The first-order valence-electron chi connectivity index (χ1n) is 9.26. The van der Waals surface area contributed by atoms with Gasteiger partial charge < -0.3 is 15.0 Å². The number of benzene rings is 1. The molecule has 1 saturated heterocycles. The van der Waals surface area contributed by atoms with Gasteiger partial charge in [0.1, 0.15) is 5.82 Å². The number of guanidine groups is 1. The number of likely N-dealkylation sites (tertiary alicyclic amines) is 1. The van der Waals surface area contributed by atoms with Crippen molar-refractivity contribution in [1.82, 2.24) is 10.2 Å². The first kappa shape index (κ1) is 20.0. The first-order valence-corrected chi connectivity index (χ1v) is 10.2. The second-order valence-electron chi connectivity index (χ2n) is 6.03. The van der Waals surface area contributed by atoms with Gasteiger partial charge in [-0.05, 0) is 63.1 Å². The maximum atomic E-state index is 12.9. The standard InChI is InChI=1S/C19H30FN3OS/c1-3-21-19(23-13-10-17(11-14-23)24-4-2)22-12-5-15-25-18-8-6-16(20)7-9-18/h6-9,17H,3-5,10-15H2,1-2H3,(H,21,22). The summed E-state index contributed by atoms with van der Waals surface area (Å²) < 4.78 is 18.6. The van der Waals surface area contributed by atoms with Crippen LogP contribution in [0.2, 0.25) is 0 Å². The van der Waals surface area contributed by atoms with E-state index in [2.05, 4.69) is 24.1 Å². The lowest BCUT2D eigenvalue weighted by Gasteiger charge is -2.34. The van der Waals surface area contributed by atoms with Gasteiger partial charge in [0, 0.05) is 37.7 Å². The Morgan fingerprint density at radius 1 is 1.28 bits per heavy atom. The van der Waals surface area contributed by atoms with E-state index >= 15 is 0 Å². The van der Waals surface area contributed by atoms with E-state index in [0.29, 0.717) is 6.10 Å². The Morgan fingerprint density at radius 3 is 2.64 bits per heavy atom. The monoisotopic (exact) mass is 367 g/mol. The van der Waals surface area contributed by atoms with E-state index in [1.54, 1.807) is 11.8 Å². The molecule has 1 aromatic rings. The number of rotatable bonds is 8. The van der Waals surface area contributed by atoms with Gasteiger partial charge in [-0.15, -0.1) is 11.8 Å². The smallest absolute Gasteiger partial charge is 0.193 e. The molecule has 0 aromatic heterocycles. The largest absolute Gasteiger partial charge is 0.378 e. The summed E-state index contributed by atoms with van der Waals surface area (Å²) in [6.45, 7) is 8.65. The van der Waals surface area contributed by atoms with Crippen molar-refractivity contribution in [3.05, 3.63) is 30.1 Å². The van der Waals surface area contributed by atoms with Crippen molar-refractivity contribution in [2.24, 2.45) is 4.99 Å². The van der Waals surface area contributed by atoms with Crippen LogP contribution in [0.4, 0.5) is 4.39 Å². The Hall–Kier alpha value is -1.27. The molecule has 0 amide bonds. The number of aliphatic imine (C=N–C) groups is 1. The minimum atomic E-state index is -0.183. The Morgan fingerprint density at radius 2 is 2.00 bits per heavy atom. The molecule has 0 radical (unpaired) electrons. The molecule has 1 aliphatic rings. The van der Waals surface area contributed by atoms with E-state index in [1.165, 1.54) is 12.1 Å². The third-order valence-electron chi connectivity index (χ3n) is 4.13. The summed E-state index contributed by atoms with van der Waals surface area (Å²) in [6.07, 6.45) is 3.54. The summed E-state index contributed by atoms with van der Waals surface area (Å²) in [7, 11) is 0. The number of nitrogens with zero attached hydrogens (tertiary/aromatic N) is 2. The topological polar surface area (TPSA) is 36.9 Å². The van der Waals surface area contributed by atoms with Crippen LogP contribution in [-0.4, -0.2) is 55.5 Å². The van der Waals surface area contributed by atoms with Gasteiger partial charge in [-0.1, -0.05) is 0 Å². The van der Waals surface area contributed by atoms with Gasteiger partial charge in [-0.25, -0.2) is 4.39 Å². The second kappa shape index (κ2) is 11.4. The van der Waals surface area contributed by atoms with Gasteiger partial charge in [0.05, 0.1) is 6.10 Å². The van der Waals surface area contributed by atoms with Crippen molar-refractivity contribution in [2.45, 2.75) is 44.1 Å². The lowest BCUT2D eigenvalue weighted by Crippen LogP contribution is -2.47. The van der Waals surface area contributed by atoms with Crippen LogP contribution in [0.15, 0.2) is 34.2 Å². The highest BCUT2D eigenvalue weighted by Gasteiger charge is 2.21. The fourth-order valence-electron chi connectivity index (χ4n) is 2.87. The average molecular weight is 368 g/mol. The number of nitrogens with one attached hydrogen (secondary N) is 1. The third kappa shape index (κ3) is 7.24. The Balaban J connectivity index is 1.73. The Kier molecular flexibility index (Phi) is 9.11. The normalized spacial score (nSPS) is 16.3. The highest BCUT2D eigenvalue weighted by Crippen LogP contribution is 2.19. The molecule has 4 nitrogen and oxygen atoms in total. The van der Waals surface area contributed by atoms with Gasteiger partial charge in [-0.2, -0.15) is 0 Å². The van der Waals surface area contributed by atoms with Crippen LogP contribution >= 0.6 is 11.8 Å². The number of halogens is 1. The lowest BCUT2D eigenvalue weighted by atomic mass is 10.1. The molecule has 1 aromatic carbocycles. The summed E-state index contributed by atoms with van der Waals surface area (Å²) in [5.74, 6) is 1.82. The van der Waals surface area contributed by atoms with Crippen LogP contribution < -0.4 is 5.32 Å². The van der Waals surface area contributed by atoms with Crippen molar-refractivity contribution >= 4 is 17.7 Å². The summed E-state index contributed by atoms with van der Waals surface area (Å²) >= 11 is 1.75. The van der Waals surface area contributed by atoms with E-state index in [4.69, 9.17) is 9.73 Å². The quantitative estimate of drug-likeness (QED) is 0.328. The molecule has 6 heteroatoms. The molecule has 25 heavy (non-hydrogen) atoms. The summed E-state index contributed by atoms with van der Waals surface area (Å²) in [5.41, 5.74) is 0. The van der Waals surface area contributed by atoms with Crippen molar-refractivity contribution in [1.29, 1.82) is 0 Å². The van der Waals surface area contributed by atoms with Crippen molar-refractivity contribution in [2.75, 3.05) is 38.5 Å². The molecule has 0 spiro atoms. The molecule has 0 unspecified atom stereocenters. The van der Waals surface area contributed by atoms with Gasteiger partial charge in [0.15, 0.2) is 5.96 Å². The second-order valence-corrected chi connectivity index (χ2v) is 7.20. The van der Waals surface area contributed by atoms with Gasteiger partial charge >= 0.3 is 0 Å². The highest BCUT2D eigenvalue weighted by atomic mass is 32.2. The Labute approximate surface area is 155 Å². The molecule has 0 aliphatic carbocycles. The molecule has 0 atom stereocenters. The molecular formula is C19H30FN3OS. The molecule has 1 fully saturated rings. The number of hydrogen-bond acceptors (Lipinski definition) is 3. The van der Waals surface area contributed by atoms with Crippen LogP contribution in [0.1, 0.15) is 33.1 Å². The molecule has 0 bridgehead atoms. The van der Waals surface area contributed by atoms with Crippen LogP contribution in [-0.2, 0) is 4.74 Å². The van der Waals surface area contributed by atoms with E-state index < -0.39 is 0 Å². The van der Waals surface area contributed by atoms with E-state index in [1.807, 2.05) is 12.1 Å². The van der Waals surface area contributed by atoms with Gasteiger partial charge in [0.2, 0.25) is 0 Å². The van der Waals surface area contributed by atoms with Gasteiger partial charge in [0.25, 0.3) is 0 Å². The zero-order valence-electron chi connectivity index (χ0n) is 15.3. The number of hydrogen-bond donors (Lipinski definition) is 1.